The van der Waals surface area contributed by atoms with Crippen LogP contribution in [-0.4, -0.2) is 34.4 Å². The van der Waals surface area contributed by atoms with E-state index in [0.29, 0.717) is 36.9 Å². The molecule has 1 amide bonds. The van der Waals surface area contributed by atoms with E-state index < -0.39 is 0 Å². The Morgan fingerprint density at radius 2 is 2.11 bits per heavy atom. The molecule has 3 rings (SSSR count). The van der Waals surface area contributed by atoms with E-state index in [1.54, 1.807) is 29.5 Å². The second-order valence-corrected chi connectivity index (χ2v) is 6.80. The lowest BCUT2D eigenvalue weighted by molar-refractivity contribution is 0.0746. The predicted molar refractivity (Wildman–Crippen MR) is 104 cm³/mol. The molecule has 2 heterocycles. The largest absolute Gasteiger partial charge is 0.493 e. The first-order chi connectivity index (χ1) is 13.2. The van der Waals surface area contributed by atoms with Crippen LogP contribution in [0.15, 0.2) is 54.3 Å². The summed E-state index contributed by atoms with van der Waals surface area (Å²) in [5, 5.41) is 2.02. The van der Waals surface area contributed by atoms with Gasteiger partial charge in [-0.15, -0.1) is 11.3 Å². The van der Waals surface area contributed by atoms with Crippen molar-refractivity contribution in [1.82, 2.24) is 14.9 Å². The molecule has 0 fully saturated rings. The number of carbonyl (C=O) groups excluding carboxylic acids is 1. The Labute approximate surface area is 162 Å². The highest BCUT2D eigenvalue weighted by molar-refractivity contribution is 7.09. The summed E-state index contributed by atoms with van der Waals surface area (Å²) in [6.07, 6.45) is 4.55. The molecule has 6 nitrogen and oxygen atoms in total. The monoisotopic (exact) mass is 383 g/mol. The van der Waals surface area contributed by atoms with Crippen molar-refractivity contribution in [3.63, 3.8) is 0 Å². The van der Waals surface area contributed by atoms with Gasteiger partial charge in [0.05, 0.1) is 13.3 Å². The number of rotatable bonds is 8. The van der Waals surface area contributed by atoms with Gasteiger partial charge in [-0.2, -0.15) is 0 Å². The molecular weight excluding hydrogens is 362 g/mol. The fourth-order valence-corrected chi connectivity index (χ4v) is 3.21. The zero-order valence-corrected chi connectivity index (χ0v) is 16.1. The molecule has 0 N–H and O–H groups in total. The van der Waals surface area contributed by atoms with Gasteiger partial charge >= 0.3 is 0 Å². The predicted octanol–water partition coefficient (Wildman–Crippen LogP) is 3.79. The van der Waals surface area contributed by atoms with Crippen LogP contribution in [0.5, 0.6) is 11.5 Å². The molecule has 0 unspecified atom stereocenters. The molecule has 7 heteroatoms. The fraction of sp³-hybridized carbons (Fsp3) is 0.250. The molecule has 0 bridgehead atoms. The number of ether oxygens (including phenoxy) is 2. The van der Waals surface area contributed by atoms with E-state index in [9.17, 15) is 4.79 Å². The van der Waals surface area contributed by atoms with E-state index in [1.165, 1.54) is 12.4 Å². The summed E-state index contributed by atoms with van der Waals surface area (Å²) < 4.78 is 11.3. The van der Waals surface area contributed by atoms with Crippen molar-refractivity contribution in [2.75, 3.05) is 13.7 Å². The average molecular weight is 383 g/mol. The minimum absolute atomic E-state index is 0.150. The van der Waals surface area contributed by atoms with Gasteiger partial charge in [0.25, 0.3) is 5.91 Å². The Balaban J connectivity index is 1.71. The Morgan fingerprint density at radius 3 is 2.78 bits per heavy atom. The zero-order valence-electron chi connectivity index (χ0n) is 15.3. The van der Waals surface area contributed by atoms with E-state index in [-0.39, 0.29) is 5.91 Å². The van der Waals surface area contributed by atoms with Crippen LogP contribution in [-0.2, 0) is 13.2 Å². The first-order valence-corrected chi connectivity index (χ1v) is 9.46. The van der Waals surface area contributed by atoms with Gasteiger partial charge in [0.2, 0.25) is 0 Å². The number of aromatic nitrogens is 2. The van der Waals surface area contributed by atoms with Crippen molar-refractivity contribution >= 4 is 17.2 Å². The van der Waals surface area contributed by atoms with Crippen LogP contribution in [0.1, 0.15) is 27.9 Å². The van der Waals surface area contributed by atoms with Crippen LogP contribution in [0.2, 0.25) is 0 Å². The van der Waals surface area contributed by atoms with Crippen molar-refractivity contribution in [3.8, 4) is 11.5 Å². The summed E-state index contributed by atoms with van der Waals surface area (Å²) in [5.41, 5.74) is 1.29. The van der Waals surface area contributed by atoms with Crippen LogP contribution < -0.4 is 9.47 Å². The third kappa shape index (κ3) is 4.83. The number of methoxy groups -OCH3 is 1. The number of nitrogens with zero attached hydrogens (tertiary/aromatic N) is 3. The standard InChI is InChI=1S/C20H21N3O3S/c1-3-23(20(24)17-12-21-8-9-22-17)13-15-6-7-18(19(11-15)25-2)26-14-16-5-4-10-27-16/h4-12H,3,13-14H2,1-2H3. The molecule has 0 spiro atoms. The SMILES string of the molecule is CCN(Cc1ccc(OCc2cccs2)c(OC)c1)C(=O)c1cnccn1. The molecule has 2 aromatic heterocycles. The maximum absolute atomic E-state index is 12.6. The van der Waals surface area contributed by atoms with Crippen LogP contribution in [0.4, 0.5) is 0 Å². The highest BCUT2D eigenvalue weighted by Gasteiger charge is 2.17. The molecule has 27 heavy (non-hydrogen) atoms. The molecular formula is C20H21N3O3S. The first-order valence-electron chi connectivity index (χ1n) is 8.58. The van der Waals surface area contributed by atoms with E-state index in [1.807, 2.05) is 42.6 Å². The Kier molecular flexibility index (Phi) is 6.38. The number of hydrogen-bond donors (Lipinski definition) is 0. The molecule has 0 saturated carbocycles. The lowest BCUT2D eigenvalue weighted by Gasteiger charge is -2.21. The van der Waals surface area contributed by atoms with E-state index in [2.05, 4.69) is 9.97 Å². The minimum Gasteiger partial charge on any atom is -0.493 e. The Bertz CT molecular complexity index is 869. The topological polar surface area (TPSA) is 64.6 Å². The Hall–Kier alpha value is -2.93. The molecule has 3 aromatic rings. The van der Waals surface area contributed by atoms with Crippen molar-refractivity contribution in [1.29, 1.82) is 0 Å². The Morgan fingerprint density at radius 1 is 1.22 bits per heavy atom. The van der Waals surface area contributed by atoms with Gasteiger partial charge < -0.3 is 14.4 Å². The molecule has 0 aliphatic heterocycles. The van der Waals surface area contributed by atoms with Crippen LogP contribution >= 0.6 is 11.3 Å². The normalized spacial score (nSPS) is 10.4. The lowest BCUT2D eigenvalue weighted by Crippen LogP contribution is -2.31. The van der Waals surface area contributed by atoms with Crippen LogP contribution in [0, 0.1) is 0 Å². The smallest absolute Gasteiger partial charge is 0.274 e. The first kappa shape index (κ1) is 18.8. The molecule has 0 aliphatic rings. The molecule has 0 aliphatic carbocycles. The summed E-state index contributed by atoms with van der Waals surface area (Å²) >= 11 is 1.65. The maximum atomic E-state index is 12.6. The number of thiophene rings is 1. The van der Waals surface area contributed by atoms with Gasteiger partial charge in [0.15, 0.2) is 11.5 Å². The van der Waals surface area contributed by atoms with Gasteiger partial charge in [-0.05, 0) is 36.1 Å². The van der Waals surface area contributed by atoms with Gasteiger partial charge in [-0.1, -0.05) is 12.1 Å². The minimum atomic E-state index is -0.150. The highest BCUT2D eigenvalue weighted by atomic mass is 32.1. The number of carbonyl (C=O) groups is 1. The van der Waals surface area contributed by atoms with Gasteiger partial charge in [-0.3, -0.25) is 9.78 Å². The van der Waals surface area contributed by atoms with Crippen LogP contribution in [0.3, 0.4) is 0 Å². The van der Waals surface area contributed by atoms with E-state index >= 15 is 0 Å². The van der Waals surface area contributed by atoms with Gasteiger partial charge in [-0.25, -0.2) is 4.98 Å². The fourth-order valence-electron chi connectivity index (χ4n) is 2.59. The quantitative estimate of drug-likeness (QED) is 0.592. The summed E-state index contributed by atoms with van der Waals surface area (Å²) in [5.74, 6) is 1.17. The summed E-state index contributed by atoms with van der Waals surface area (Å²) in [7, 11) is 1.61. The second kappa shape index (κ2) is 9.14. The third-order valence-electron chi connectivity index (χ3n) is 4.00. The number of hydrogen-bond acceptors (Lipinski definition) is 6. The molecule has 140 valence electrons. The summed E-state index contributed by atoms with van der Waals surface area (Å²) in [6, 6.07) is 9.75. The zero-order chi connectivity index (χ0) is 19.1. The van der Waals surface area contributed by atoms with Crippen LogP contribution in [0.25, 0.3) is 0 Å². The number of benzene rings is 1. The highest BCUT2D eigenvalue weighted by Crippen LogP contribution is 2.30. The van der Waals surface area contributed by atoms with Gasteiger partial charge in [0, 0.05) is 30.4 Å². The second-order valence-electron chi connectivity index (χ2n) is 5.76. The van der Waals surface area contributed by atoms with Crippen molar-refractivity contribution < 1.29 is 14.3 Å². The summed E-state index contributed by atoms with van der Waals surface area (Å²) in [4.78, 5) is 23.5. The van der Waals surface area contributed by atoms with Crippen molar-refractivity contribution in [2.24, 2.45) is 0 Å². The van der Waals surface area contributed by atoms with Crippen molar-refractivity contribution in [3.05, 3.63) is 70.4 Å². The molecule has 0 saturated heterocycles. The summed E-state index contributed by atoms with van der Waals surface area (Å²) in [6.45, 7) is 3.45. The lowest BCUT2D eigenvalue weighted by atomic mass is 10.1. The molecule has 1 aromatic carbocycles. The van der Waals surface area contributed by atoms with Gasteiger partial charge in [0.1, 0.15) is 12.3 Å². The maximum Gasteiger partial charge on any atom is 0.274 e. The molecule has 0 radical (unpaired) electrons. The molecule has 0 atom stereocenters. The number of amides is 1. The van der Waals surface area contributed by atoms with E-state index in [4.69, 9.17) is 9.47 Å². The average Bonchev–Trinajstić information content (AvgIpc) is 3.24. The third-order valence-corrected chi connectivity index (χ3v) is 4.85. The van der Waals surface area contributed by atoms with Crippen molar-refractivity contribution in [2.45, 2.75) is 20.1 Å². The van der Waals surface area contributed by atoms with E-state index in [0.717, 1.165) is 10.4 Å².